The van der Waals surface area contributed by atoms with E-state index in [1.54, 1.807) is 11.3 Å². The Kier molecular flexibility index (Phi) is 5.08. The van der Waals surface area contributed by atoms with Crippen LogP contribution in [0.5, 0.6) is 5.75 Å². The van der Waals surface area contributed by atoms with Gasteiger partial charge >= 0.3 is 0 Å². The van der Waals surface area contributed by atoms with Crippen molar-refractivity contribution in [3.8, 4) is 21.9 Å². The molecule has 2 aromatic heterocycles. The van der Waals surface area contributed by atoms with Crippen LogP contribution in [0.1, 0.15) is 33.5 Å². The maximum Gasteiger partial charge on any atom is 0.265 e. The first-order valence-electron chi connectivity index (χ1n) is 10.4. The Morgan fingerprint density at radius 2 is 1.90 bits per heavy atom. The van der Waals surface area contributed by atoms with Crippen LogP contribution in [0, 0.1) is 6.92 Å². The molecule has 0 fully saturated rings. The Hall–Kier alpha value is -3.38. The summed E-state index contributed by atoms with van der Waals surface area (Å²) in [4.78, 5) is 14.8. The molecule has 156 valence electrons. The number of ether oxygens (including phenoxy) is 1. The summed E-state index contributed by atoms with van der Waals surface area (Å²) in [6.45, 7) is 4.62. The molecular formula is C25H23N3O2S. The lowest BCUT2D eigenvalue weighted by molar-refractivity contribution is 0.103. The van der Waals surface area contributed by atoms with E-state index < -0.39 is 0 Å². The Morgan fingerprint density at radius 1 is 1.13 bits per heavy atom. The van der Waals surface area contributed by atoms with Gasteiger partial charge in [0.15, 0.2) is 0 Å². The van der Waals surface area contributed by atoms with Crippen molar-refractivity contribution >= 4 is 22.9 Å². The Labute approximate surface area is 185 Å². The maximum absolute atomic E-state index is 12.9. The summed E-state index contributed by atoms with van der Waals surface area (Å²) in [6, 6.07) is 19.7. The van der Waals surface area contributed by atoms with E-state index in [9.17, 15) is 4.79 Å². The number of hydrogen-bond acceptors (Lipinski definition) is 4. The maximum atomic E-state index is 12.9. The Bertz CT molecular complexity index is 1240. The SMILES string of the molecule is CCOc1ccc(NC(=O)c2cc3c(s2)-c2c(C)nn(-c4ccccc4)c2CC3)cc1. The molecule has 2 aromatic carbocycles. The molecular weight excluding hydrogens is 406 g/mol. The van der Waals surface area contributed by atoms with Crippen LogP contribution in [-0.4, -0.2) is 22.3 Å². The number of fused-ring (bicyclic) bond motifs is 3. The van der Waals surface area contributed by atoms with Gasteiger partial charge in [-0.15, -0.1) is 11.3 Å². The number of carbonyl (C=O) groups excluding carboxylic acids is 1. The first kappa shape index (κ1) is 19.6. The highest BCUT2D eigenvalue weighted by molar-refractivity contribution is 7.17. The molecule has 0 spiro atoms. The van der Waals surface area contributed by atoms with Crippen LogP contribution in [-0.2, 0) is 12.8 Å². The molecule has 1 aliphatic carbocycles. The van der Waals surface area contributed by atoms with Crippen molar-refractivity contribution in [2.45, 2.75) is 26.7 Å². The lowest BCUT2D eigenvalue weighted by atomic mass is 9.95. The van der Waals surface area contributed by atoms with E-state index in [2.05, 4.69) is 17.4 Å². The highest BCUT2D eigenvalue weighted by Crippen LogP contribution is 2.42. The van der Waals surface area contributed by atoms with Gasteiger partial charge in [0.05, 0.1) is 28.6 Å². The summed E-state index contributed by atoms with van der Waals surface area (Å²) in [7, 11) is 0. The second-order valence-corrected chi connectivity index (χ2v) is 8.58. The number of hydrogen-bond donors (Lipinski definition) is 1. The molecule has 1 amide bonds. The minimum atomic E-state index is -0.0850. The number of anilines is 1. The highest BCUT2D eigenvalue weighted by atomic mass is 32.1. The van der Waals surface area contributed by atoms with Crippen LogP contribution in [0.25, 0.3) is 16.1 Å². The van der Waals surface area contributed by atoms with E-state index >= 15 is 0 Å². The smallest absolute Gasteiger partial charge is 0.265 e. The molecule has 1 N–H and O–H groups in total. The zero-order chi connectivity index (χ0) is 21.4. The van der Waals surface area contributed by atoms with Gasteiger partial charge in [-0.2, -0.15) is 5.10 Å². The molecule has 31 heavy (non-hydrogen) atoms. The van der Waals surface area contributed by atoms with Gasteiger partial charge in [-0.3, -0.25) is 4.79 Å². The van der Waals surface area contributed by atoms with Crippen LogP contribution >= 0.6 is 11.3 Å². The normalized spacial score (nSPS) is 12.2. The van der Waals surface area contributed by atoms with E-state index in [1.165, 1.54) is 16.8 Å². The van der Waals surface area contributed by atoms with Crippen molar-refractivity contribution < 1.29 is 9.53 Å². The highest BCUT2D eigenvalue weighted by Gasteiger charge is 2.27. The standard InChI is InChI=1S/C25H23N3O2S/c1-3-30-20-12-10-18(11-13-20)26-25(29)22-15-17-9-14-21-23(24(17)31-22)16(2)27-28(21)19-7-5-4-6-8-19/h4-8,10-13,15H,3,9,14H2,1-2H3,(H,26,29). The van der Waals surface area contributed by atoms with Crippen molar-refractivity contribution in [1.29, 1.82) is 0 Å². The number of thiophene rings is 1. The third-order valence-corrected chi connectivity index (χ3v) is 6.66. The number of rotatable bonds is 5. The molecule has 5 nitrogen and oxygen atoms in total. The van der Waals surface area contributed by atoms with Gasteiger partial charge in [-0.25, -0.2) is 4.68 Å². The predicted molar refractivity (Wildman–Crippen MR) is 125 cm³/mol. The molecule has 0 unspecified atom stereocenters. The number of amides is 1. The number of benzene rings is 2. The first-order chi connectivity index (χ1) is 15.1. The van der Waals surface area contributed by atoms with E-state index in [1.807, 2.05) is 67.1 Å². The van der Waals surface area contributed by atoms with E-state index in [0.717, 1.165) is 45.4 Å². The molecule has 0 radical (unpaired) electrons. The molecule has 4 aromatic rings. The van der Waals surface area contributed by atoms with Crippen LogP contribution in [0.15, 0.2) is 60.7 Å². The number of carbonyl (C=O) groups is 1. The van der Waals surface area contributed by atoms with Crippen LogP contribution in [0.3, 0.4) is 0 Å². The van der Waals surface area contributed by atoms with Gasteiger partial charge in [-0.1, -0.05) is 18.2 Å². The van der Waals surface area contributed by atoms with Gasteiger partial charge in [0, 0.05) is 16.1 Å². The van der Waals surface area contributed by atoms with Gasteiger partial charge in [0.2, 0.25) is 0 Å². The van der Waals surface area contributed by atoms with Gasteiger partial charge in [0.1, 0.15) is 5.75 Å². The molecule has 0 aliphatic heterocycles. The average Bonchev–Trinajstić information content (AvgIpc) is 3.37. The van der Waals surface area contributed by atoms with Crippen molar-refractivity contribution in [1.82, 2.24) is 9.78 Å². The minimum absolute atomic E-state index is 0.0850. The monoisotopic (exact) mass is 429 g/mol. The van der Waals surface area contributed by atoms with Crippen molar-refractivity contribution in [2.75, 3.05) is 11.9 Å². The molecule has 0 atom stereocenters. The topological polar surface area (TPSA) is 56.1 Å². The second-order valence-electron chi connectivity index (χ2n) is 7.53. The van der Waals surface area contributed by atoms with E-state index in [-0.39, 0.29) is 5.91 Å². The van der Waals surface area contributed by atoms with Gasteiger partial charge in [-0.05, 0) is 74.7 Å². The summed E-state index contributed by atoms with van der Waals surface area (Å²) < 4.78 is 7.51. The quantitative estimate of drug-likeness (QED) is 0.445. The average molecular weight is 430 g/mol. The van der Waals surface area contributed by atoms with Crippen LogP contribution in [0.4, 0.5) is 5.69 Å². The fourth-order valence-corrected chi connectivity index (χ4v) is 5.29. The van der Waals surface area contributed by atoms with E-state index in [0.29, 0.717) is 6.61 Å². The first-order valence-corrected chi connectivity index (χ1v) is 11.3. The number of aryl methyl sites for hydroxylation is 2. The van der Waals surface area contributed by atoms with E-state index in [4.69, 9.17) is 9.84 Å². The Morgan fingerprint density at radius 3 is 2.65 bits per heavy atom. The number of para-hydroxylation sites is 1. The predicted octanol–water partition coefficient (Wildman–Crippen LogP) is 5.66. The molecule has 6 heteroatoms. The number of nitrogens with one attached hydrogen (secondary N) is 1. The van der Waals surface area contributed by atoms with Crippen molar-refractivity contribution in [3.63, 3.8) is 0 Å². The zero-order valence-electron chi connectivity index (χ0n) is 17.5. The fourth-order valence-electron chi connectivity index (χ4n) is 4.07. The third-order valence-electron chi connectivity index (χ3n) is 5.47. The largest absolute Gasteiger partial charge is 0.494 e. The minimum Gasteiger partial charge on any atom is -0.494 e. The van der Waals surface area contributed by atoms with Gasteiger partial charge < -0.3 is 10.1 Å². The molecule has 2 heterocycles. The second kappa shape index (κ2) is 8.04. The van der Waals surface area contributed by atoms with Crippen molar-refractivity contribution in [3.05, 3.63) is 82.5 Å². The summed E-state index contributed by atoms with van der Waals surface area (Å²) in [6.07, 6.45) is 1.82. The summed E-state index contributed by atoms with van der Waals surface area (Å²) in [5.41, 5.74) is 6.45. The summed E-state index contributed by atoms with van der Waals surface area (Å²) >= 11 is 1.55. The molecule has 0 saturated heterocycles. The molecule has 0 bridgehead atoms. The Balaban J connectivity index is 1.43. The molecule has 5 rings (SSSR count). The van der Waals surface area contributed by atoms with Crippen LogP contribution in [0.2, 0.25) is 0 Å². The summed E-state index contributed by atoms with van der Waals surface area (Å²) in [5, 5.41) is 7.82. The molecule has 0 saturated carbocycles. The number of nitrogens with zero attached hydrogens (tertiary/aromatic N) is 2. The molecule has 1 aliphatic rings. The summed E-state index contributed by atoms with van der Waals surface area (Å²) in [5.74, 6) is 0.712. The van der Waals surface area contributed by atoms with Crippen molar-refractivity contribution in [2.24, 2.45) is 0 Å². The lowest BCUT2D eigenvalue weighted by Gasteiger charge is -2.14. The number of aromatic nitrogens is 2. The van der Waals surface area contributed by atoms with Crippen LogP contribution < -0.4 is 10.1 Å². The fraction of sp³-hybridized carbons (Fsp3) is 0.200. The van der Waals surface area contributed by atoms with Gasteiger partial charge in [0.25, 0.3) is 5.91 Å². The lowest BCUT2D eigenvalue weighted by Crippen LogP contribution is -2.10. The zero-order valence-corrected chi connectivity index (χ0v) is 18.3. The third kappa shape index (κ3) is 3.64.